The summed E-state index contributed by atoms with van der Waals surface area (Å²) in [5.74, 6) is -1.48. The number of rotatable bonds is 7. The average Bonchev–Trinajstić information content (AvgIpc) is 3.01. The Kier molecular flexibility index (Phi) is 6.03. The number of aliphatic hydroxyl groups excluding tert-OH is 1. The summed E-state index contributed by atoms with van der Waals surface area (Å²) in [5.41, 5.74) is 2.72. The van der Waals surface area contributed by atoms with Crippen molar-refractivity contribution in [3.05, 3.63) is 70.8 Å². The van der Waals surface area contributed by atoms with Crippen molar-refractivity contribution in [2.75, 3.05) is 6.54 Å². The number of benzene rings is 2. The molecule has 1 aliphatic rings. The Bertz CT molecular complexity index is 795. The van der Waals surface area contributed by atoms with Gasteiger partial charge in [0.15, 0.2) is 0 Å². The number of carbonyl (C=O) groups is 1. The van der Waals surface area contributed by atoms with Crippen LogP contribution in [0.5, 0.6) is 0 Å². The van der Waals surface area contributed by atoms with Crippen molar-refractivity contribution in [1.82, 2.24) is 10.6 Å². The minimum Gasteiger partial charge on any atom is -0.465 e. The lowest BCUT2D eigenvalue weighted by Gasteiger charge is -2.25. The Morgan fingerprint density at radius 2 is 1.89 bits per heavy atom. The first kappa shape index (κ1) is 19.3. The minimum atomic E-state index is -1.30. The molecule has 2 aromatic rings. The first-order valence-electron chi connectivity index (χ1n) is 8.86. The van der Waals surface area contributed by atoms with Gasteiger partial charge in [-0.2, -0.15) is 0 Å². The van der Waals surface area contributed by atoms with Gasteiger partial charge < -0.3 is 20.8 Å². The smallest absolute Gasteiger partial charge is 0.404 e. The summed E-state index contributed by atoms with van der Waals surface area (Å²) < 4.78 is 26.8. The average molecular weight is 376 g/mol. The molecule has 7 heteroatoms. The van der Waals surface area contributed by atoms with Crippen LogP contribution in [-0.2, 0) is 12.8 Å². The molecule has 2 aromatic carbocycles. The second kappa shape index (κ2) is 8.45. The molecule has 1 amide bonds. The maximum absolute atomic E-state index is 13.4. The summed E-state index contributed by atoms with van der Waals surface area (Å²) in [4.78, 5) is 11.1. The Balaban J connectivity index is 1.65. The lowest BCUT2D eigenvalue weighted by atomic mass is 10.0. The molecule has 0 saturated heterocycles. The fraction of sp³-hybridized carbons (Fsp3) is 0.350. The third-order valence-electron chi connectivity index (χ3n) is 4.86. The lowest BCUT2D eigenvalue weighted by Crippen LogP contribution is -2.48. The highest BCUT2D eigenvalue weighted by Crippen LogP contribution is 2.30. The molecule has 0 aromatic heterocycles. The van der Waals surface area contributed by atoms with Crippen molar-refractivity contribution >= 4 is 6.09 Å². The maximum atomic E-state index is 13.4. The van der Waals surface area contributed by atoms with E-state index in [0.29, 0.717) is 0 Å². The van der Waals surface area contributed by atoms with E-state index in [1.807, 2.05) is 18.2 Å². The predicted octanol–water partition coefficient (Wildman–Crippen LogP) is 2.78. The number of fused-ring (bicyclic) bond motifs is 1. The fourth-order valence-corrected chi connectivity index (χ4v) is 3.60. The van der Waals surface area contributed by atoms with E-state index in [1.165, 1.54) is 11.1 Å². The largest absolute Gasteiger partial charge is 0.465 e. The summed E-state index contributed by atoms with van der Waals surface area (Å²) >= 11 is 0. The van der Waals surface area contributed by atoms with Gasteiger partial charge in [0.2, 0.25) is 0 Å². The molecule has 3 atom stereocenters. The van der Waals surface area contributed by atoms with Gasteiger partial charge in [-0.3, -0.25) is 0 Å². The Hall–Kier alpha value is -2.51. The van der Waals surface area contributed by atoms with Crippen molar-refractivity contribution in [1.29, 1.82) is 0 Å². The first-order chi connectivity index (χ1) is 12.9. The zero-order valence-corrected chi connectivity index (χ0v) is 14.7. The summed E-state index contributed by atoms with van der Waals surface area (Å²) in [6.07, 6.45) is -0.533. The highest BCUT2D eigenvalue weighted by atomic mass is 19.1. The normalized spacial score (nSPS) is 18.0. The van der Waals surface area contributed by atoms with Gasteiger partial charge in [-0.1, -0.05) is 24.3 Å². The summed E-state index contributed by atoms with van der Waals surface area (Å²) in [7, 11) is 0. The topological polar surface area (TPSA) is 81.6 Å². The standard InChI is InChI=1S/C20H22F2N2O3/c21-14-7-12(8-15(22)10-14)9-18(24-20(26)27)19(25)11-23-17-6-5-13-3-1-2-4-16(13)17/h1-4,7-8,10,17-19,23-25H,5-6,9,11H2,(H,26,27)/t17-,18+,19-/m1/s1. The van der Waals surface area contributed by atoms with Crippen LogP contribution in [0.3, 0.4) is 0 Å². The molecule has 0 fully saturated rings. The van der Waals surface area contributed by atoms with Crippen LogP contribution in [0.25, 0.3) is 0 Å². The molecular formula is C20H22F2N2O3. The van der Waals surface area contributed by atoms with E-state index in [0.717, 1.165) is 31.0 Å². The van der Waals surface area contributed by atoms with Crippen LogP contribution in [0.2, 0.25) is 0 Å². The second-order valence-electron chi connectivity index (χ2n) is 6.80. The van der Waals surface area contributed by atoms with Crippen LogP contribution in [0.15, 0.2) is 42.5 Å². The van der Waals surface area contributed by atoms with Gasteiger partial charge in [0.25, 0.3) is 0 Å². The Morgan fingerprint density at radius 1 is 1.19 bits per heavy atom. The van der Waals surface area contributed by atoms with Gasteiger partial charge in [-0.25, -0.2) is 13.6 Å². The van der Waals surface area contributed by atoms with Crippen LogP contribution in [0, 0.1) is 11.6 Å². The lowest BCUT2D eigenvalue weighted by molar-refractivity contribution is 0.115. The van der Waals surface area contributed by atoms with Crippen molar-refractivity contribution < 1.29 is 23.8 Å². The summed E-state index contributed by atoms with van der Waals surface area (Å²) in [6, 6.07) is 10.3. The third kappa shape index (κ3) is 5.02. The molecule has 27 heavy (non-hydrogen) atoms. The van der Waals surface area contributed by atoms with Gasteiger partial charge in [0, 0.05) is 18.7 Å². The Morgan fingerprint density at radius 3 is 2.59 bits per heavy atom. The van der Waals surface area contributed by atoms with Crippen LogP contribution < -0.4 is 10.6 Å². The van der Waals surface area contributed by atoms with E-state index >= 15 is 0 Å². The molecule has 3 rings (SSSR count). The molecule has 0 aliphatic heterocycles. The van der Waals surface area contributed by atoms with Gasteiger partial charge in [-0.15, -0.1) is 0 Å². The third-order valence-corrected chi connectivity index (χ3v) is 4.86. The van der Waals surface area contributed by atoms with Crippen molar-refractivity contribution in [3.63, 3.8) is 0 Å². The highest BCUT2D eigenvalue weighted by Gasteiger charge is 2.26. The van der Waals surface area contributed by atoms with E-state index < -0.39 is 29.9 Å². The number of nitrogens with one attached hydrogen (secondary N) is 2. The molecule has 0 unspecified atom stereocenters. The monoisotopic (exact) mass is 376 g/mol. The van der Waals surface area contributed by atoms with Crippen LogP contribution in [-0.4, -0.2) is 35.0 Å². The van der Waals surface area contributed by atoms with Gasteiger partial charge in [0.05, 0.1) is 12.1 Å². The van der Waals surface area contributed by atoms with Crippen molar-refractivity contribution in [2.45, 2.75) is 37.5 Å². The van der Waals surface area contributed by atoms with Gasteiger partial charge >= 0.3 is 6.09 Å². The second-order valence-corrected chi connectivity index (χ2v) is 6.80. The quantitative estimate of drug-likeness (QED) is 0.599. The summed E-state index contributed by atoms with van der Waals surface area (Å²) in [5, 5.41) is 25.0. The SMILES string of the molecule is O=C(O)N[C@@H](Cc1cc(F)cc(F)c1)[C@H](O)CN[C@@H]1CCc2ccccc21. The van der Waals surface area contributed by atoms with Crippen LogP contribution in [0.1, 0.15) is 29.2 Å². The van der Waals surface area contributed by atoms with Crippen molar-refractivity contribution in [2.24, 2.45) is 0 Å². The molecule has 0 bridgehead atoms. The van der Waals surface area contributed by atoms with Crippen LogP contribution in [0.4, 0.5) is 13.6 Å². The molecule has 5 nitrogen and oxygen atoms in total. The molecule has 0 radical (unpaired) electrons. The molecule has 0 saturated carbocycles. The van der Waals surface area contributed by atoms with E-state index in [4.69, 9.17) is 5.11 Å². The number of aliphatic hydroxyl groups is 1. The molecule has 0 heterocycles. The maximum Gasteiger partial charge on any atom is 0.404 e. The number of hydrogen-bond acceptors (Lipinski definition) is 3. The number of halogens is 2. The van der Waals surface area contributed by atoms with E-state index in [-0.39, 0.29) is 24.6 Å². The van der Waals surface area contributed by atoms with E-state index in [1.54, 1.807) is 0 Å². The van der Waals surface area contributed by atoms with E-state index in [2.05, 4.69) is 16.7 Å². The zero-order valence-electron chi connectivity index (χ0n) is 14.7. The molecule has 1 aliphatic carbocycles. The Labute approximate surface area is 156 Å². The van der Waals surface area contributed by atoms with Gasteiger partial charge in [-0.05, 0) is 48.1 Å². The molecule has 0 spiro atoms. The highest BCUT2D eigenvalue weighted by molar-refractivity contribution is 5.65. The fourth-order valence-electron chi connectivity index (χ4n) is 3.60. The number of amides is 1. The summed E-state index contributed by atoms with van der Waals surface area (Å²) in [6.45, 7) is 0.155. The molecule has 4 N–H and O–H groups in total. The van der Waals surface area contributed by atoms with Crippen molar-refractivity contribution in [3.8, 4) is 0 Å². The number of aryl methyl sites for hydroxylation is 1. The zero-order chi connectivity index (χ0) is 19.4. The number of carboxylic acid groups (broad SMARTS) is 1. The molecular weight excluding hydrogens is 354 g/mol. The first-order valence-corrected chi connectivity index (χ1v) is 8.86. The van der Waals surface area contributed by atoms with Crippen LogP contribution >= 0.6 is 0 Å². The number of hydrogen-bond donors (Lipinski definition) is 4. The predicted molar refractivity (Wildman–Crippen MR) is 96.5 cm³/mol. The van der Waals surface area contributed by atoms with E-state index in [9.17, 15) is 18.7 Å². The minimum absolute atomic E-state index is 0.0227. The van der Waals surface area contributed by atoms with Gasteiger partial charge in [0.1, 0.15) is 11.6 Å². The molecule has 144 valence electrons.